The van der Waals surface area contributed by atoms with Crippen LogP contribution in [0.3, 0.4) is 0 Å². The van der Waals surface area contributed by atoms with Crippen LogP contribution in [0.1, 0.15) is 48.7 Å². The van der Waals surface area contributed by atoms with Crippen LogP contribution in [-0.2, 0) is 0 Å². The fraction of sp³-hybridized carbons (Fsp3) is 0.194. The van der Waals surface area contributed by atoms with Crippen LogP contribution in [0.5, 0.6) is 11.5 Å². The minimum atomic E-state index is -1.40. The van der Waals surface area contributed by atoms with Crippen LogP contribution in [0, 0.1) is 23.3 Å². The van der Waals surface area contributed by atoms with Gasteiger partial charge in [0.1, 0.15) is 5.75 Å². The molecule has 0 aliphatic heterocycles. The molecule has 4 rings (SSSR count). The van der Waals surface area contributed by atoms with E-state index >= 15 is 8.78 Å². The van der Waals surface area contributed by atoms with E-state index in [2.05, 4.69) is 0 Å². The molecule has 1 N–H and O–H groups in total. The van der Waals surface area contributed by atoms with E-state index in [-0.39, 0.29) is 29.2 Å². The highest BCUT2D eigenvalue weighted by atomic mass is 19.2. The molecule has 8 heteroatoms. The Labute approximate surface area is 223 Å². The van der Waals surface area contributed by atoms with E-state index < -0.39 is 40.9 Å². The van der Waals surface area contributed by atoms with E-state index in [9.17, 15) is 18.7 Å². The van der Waals surface area contributed by atoms with Crippen molar-refractivity contribution in [2.24, 2.45) is 0 Å². The molecular formula is C31H26F4O4. The normalized spacial score (nSPS) is 11.8. The number of hydrogen-bond acceptors (Lipinski definition) is 4. The molecule has 0 saturated carbocycles. The molecule has 0 aliphatic carbocycles. The van der Waals surface area contributed by atoms with Gasteiger partial charge in [-0.3, -0.25) is 0 Å². The van der Waals surface area contributed by atoms with Crippen LogP contribution in [0.15, 0.2) is 72.8 Å². The number of hydrogen-bond donors (Lipinski definition) is 1. The Balaban J connectivity index is 1.51. The van der Waals surface area contributed by atoms with E-state index in [0.717, 1.165) is 18.6 Å². The van der Waals surface area contributed by atoms with E-state index in [1.807, 2.05) is 6.92 Å². The highest BCUT2D eigenvalue weighted by molar-refractivity contribution is 5.91. The lowest BCUT2D eigenvalue weighted by Gasteiger charge is -2.12. The third-order valence-corrected chi connectivity index (χ3v) is 6.19. The van der Waals surface area contributed by atoms with Gasteiger partial charge in [0.05, 0.1) is 18.3 Å². The van der Waals surface area contributed by atoms with Crippen molar-refractivity contribution in [3.8, 4) is 33.8 Å². The summed E-state index contributed by atoms with van der Waals surface area (Å²) in [6, 6.07) is 17.2. The van der Waals surface area contributed by atoms with Gasteiger partial charge in [-0.1, -0.05) is 61.9 Å². The summed E-state index contributed by atoms with van der Waals surface area (Å²) in [6.07, 6.45) is 0.803. The van der Waals surface area contributed by atoms with Crippen molar-refractivity contribution < 1.29 is 36.9 Å². The molecule has 202 valence electrons. The average molecular weight is 539 g/mol. The molecule has 4 aromatic rings. The number of ether oxygens (including phenoxy) is 2. The highest BCUT2D eigenvalue weighted by Crippen LogP contribution is 2.33. The number of esters is 1. The summed E-state index contributed by atoms with van der Waals surface area (Å²) in [4.78, 5) is 12.4. The maximum atomic E-state index is 15.1. The second-order valence-electron chi connectivity index (χ2n) is 8.80. The topological polar surface area (TPSA) is 55.8 Å². The Bertz CT molecular complexity index is 1470. The second-order valence-corrected chi connectivity index (χ2v) is 8.80. The maximum Gasteiger partial charge on any atom is 0.346 e. The number of benzene rings is 4. The Morgan fingerprint density at radius 2 is 1.31 bits per heavy atom. The lowest BCUT2D eigenvalue weighted by Crippen LogP contribution is -2.12. The molecule has 0 heterocycles. The second kappa shape index (κ2) is 12.1. The molecular weight excluding hydrogens is 512 g/mol. The zero-order valence-corrected chi connectivity index (χ0v) is 21.3. The van der Waals surface area contributed by atoms with E-state index in [1.165, 1.54) is 36.4 Å². The molecule has 0 saturated heterocycles. The van der Waals surface area contributed by atoms with Gasteiger partial charge >= 0.3 is 5.97 Å². The van der Waals surface area contributed by atoms with Gasteiger partial charge in [0.2, 0.25) is 5.82 Å². The SMILES string of the molecule is CCCC(O)c1ccc(-c2ccc(-c3ccc(OC(=O)c4ccc(OCC)c(F)c4F)cc3)c(F)c2F)cc1. The molecule has 0 radical (unpaired) electrons. The molecule has 1 atom stereocenters. The van der Waals surface area contributed by atoms with Crippen molar-refractivity contribution in [1.29, 1.82) is 0 Å². The minimum absolute atomic E-state index is 0.000272. The molecule has 0 aliphatic rings. The molecule has 4 aromatic carbocycles. The van der Waals surface area contributed by atoms with Crippen LogP contribution < -0.4 is 9.47 Å². The smallest absolute Gasteiger partial charge is 0.346 e. The van der Waals surface area contributed by atoms with Gasteiger partial charge in [0.25, 0.3) is 0 Å². The summed E-state index contributed by atoms with van der Waals surface area (Å²) < 4.78 is 68.6. The number of carbonyl (C=O) groups is 1. The summed E-state index contributed by atoms with van der Waals surface area (Å²) in [5.41, 5.74) is 0.928. The zero-order chi connectivity index (χ0) is 28.1. The number of aliphatic hydroxyl groups excluding tert-OH is 1. The van der Waals surface area contributed by atoms with Crippen LogP contribution in [0.2, 0.25) is 0 Å². The van der Waals surface area contributed by atoms with Crippen LogP contribution in [-0.4, -0.2) is 17.7 Å². The maximum absolute atomic E-state index is 15.1. The minimum Gasteiger partial charge on any atom is -0.491 e. The third-order valence-electron chi connectivity index (χ3n) is 6.19. The average Bonchev–Trinajstić information content (AvgIpc) is 2.94. The first-order valence-corrected chi connectivity index (χ1v) is 12.4. The van der Waals surface area contributed by atoms with Crippen molar-refractivity contribution in [2.75, 3.05) is 6.61 Å². The lowest BCUT2D eigenvalue weighted by atomic mass is 9.97. The summed E-state index contributed by atoms with van der Waals surface area (Å²) in [5.74, 6) is -6.23. The van der Waals surface area contributed by atoms with Crippen molar-refractivity contribution in [3.05, 3.63) is 107 Å². The largest absolute Gasteiger partial charge is 0.491 e. The number of carbonyl (C=O) groups excluding carboxylic acids is 1. The molecule has 0 amide bonds. The molecule has 0 bridgehead atoms. The molecule has 39 heavy (non-hydrogen) atoms. The van der Waals surface area contributed by atoms with Gasteiger partial charge in [0, 0.05) is 11.1 Å². The van der Waals surface area contributed by atoms with Crippen LogP contribution >= 0.6 is 0 Å². The summed E-state index contributed by atoms with van der Waals surface area (Å²) in [5, 5.41) is 10.1. The number of rotatable bonds is 9. The van der Waals surface area contributed by atoms with Crippen LogP contribution in [0.4, 0.5) is 17.6 Å². The Morgan fingerprint density at radius 3 is 1.85 bits per heavy atom. The fourth-order valence-electron chi connectivity index (χ4n) is 4.14. The first-order chi connectivity index (χ1) is 18.7. The predicted octanol–water partition coefficient (Wildman–Crippen LogP) is 8.03. The highest BCUT2D eigenvalue weighted by Gasteiger charge is 2.22. The Hall–Kier alpha value is -4.17. The first kappa shape index (κ1) is 27.9. The van der Waals surface area contributed by atoms with Gasteiger partial charge < -0.3 is 14.6 Å². The zero-order valence-electron chi connectivity index (χ0n) is 21.3. The van der Waals surface area contributed by atoms with Crippen molar-refractivity contribution in [3.63, 3.8) is 0 Å². The lowest BCUT2D eigenvalue weighted by molar-refractivity contribution is 0.0728. The molecule has 0 aromatic heterocycles. The Morgan fingerprint density at radius 1 is 0.744 bits per heavy atom. The molecule has 0 fully saturated rings. The van der Waals surface area contributed by atoms with E-state index in [4.69, 9.17) is 9.47 Å². The fourth-order valence-corrected chi connectivity index (χ4v) is 4.14. The quantitative estimate of drug-likeness (QED) is 0.133. The third kappa shape index (κ3) is 5.96. The molecule has 0 spiro atoms. The van der Waals surface area contributed by atoms with E-state index in [1.54, 1.807) is 31.2 Å². The van der Waals surface area contributed by atoms with Crippen molar-refractivity contribution in [2.45, 2.75) is 32.8 Å². The molecule has 1 unspecified atom stereocenters. The van der Waals surface area contributed by atoms with Gasteiger partial charge in [-0.2, -0.15) is 4.39 Å². The molecule has 4 nitrogen and oxygen atoms in total. The summed E-state index contributed by atoms with van der Waals surface area (Å²) >= 11 is 0. The summed E-state index contributed by atoms with van der Waals surface area (Å²) in [6.45, 7) is 3.69. The number of halogens is 4. The van der Waals surface area contributed by atoms with Gasteiger partial charge in [-0.05, 0) is 54.3 Å². The van der Waals surface area contributed by atoms with Crippen molar-refractivity contribution in [1.82, 2.24) is 0 Å². The van der Waals surface area contributed by atoms with E-state index in [0.29, 0.717) is 23.1 Å². The van der Waals surface area contributed by atoms with Crippen molar-refractivity contribution >= 4 is 5.97 Å². The first-order valence-electron chi connectivity index (χ1n) is 12.4. The monoisotopic (exact) mass is 538 g/mol. The van der Waals surface area contributed by atoms with Gasteiger partial charge in [-0.15, -0.1) is 0 Å². The van der Waals surface area contributed by atoms with Gasteiger partial charge in [0.15, 0.2) is 23.2 Å². The predicted molar refractivity (Wildman–Crippen MR) is 140 cm³/mol. The van der Waals surface area contributed by atoms with Gasteiger partial charge in [-0.25, -0.2) is 18.0 Å². The number of aliphatic hydroxyl groups is 1. The standard InChI is InChI=1S/C31H26F4O4/c1-3-5-25(36)20-8-6-18(7-9-20)22-14-15-23(28(33)27(22)32)19-10-12-21(13-11-19)39-31(37)24-16-17-26(38-4-2)30(35)29(24)34/h6-17,25,36H,3-5H2,1-2H3. The summed E-state index contributed by atoms with van der Waals surface area (Å²) in [7, 11) is 0. The Kier molecular flexibility index (Phi) is 8.66. The van der Waals surface area contributed by atoms with Crippen LogP contribution in [0.25, 0.3) is 22.3 Å².